The lowest BCUT2D eigenvalue weighted by atomic mass is 10.1. The maximum atomic E-state index is 11.5. The van der Waals surface area contributed by atoms with E-state index in [0.29, 0.717) is 17.9 Å². The molecule has 1 aromatic rings. The fraction of sp³-hybridized carbons (Fsp3) is 0.438. The van der Waals surface area contributed by atoms with Crippen LogP contribution in [0.5, 0.6) is 5.75 Å². The summed E-state index contributed by atoms with van der Waals surface area (Å²) in [5.41, 5.74) is -0.00377. The molecule has 1 N–H and O–H groups in total. The predicted octanol–water partition coefficient (Wildman–Crippen LogP) is 3.53. The van der Waals surface area contributed by atoms with Gasteiger partial charge in [-0.15, -0.1) is 0 Å². The van der Waals surface area contributed by atoms with Crippen LogP contribution >= 0.6 is 0 Å². The van der Waals surface area contributed by atoms with Crippen molar-refractivity contribution in [3.8, 4) is 5.75 Å². The summed E-state index contributed by atoms with van der Waals surface area (Å²) in [7, 11) is 0. The lowest BCUT2D eigenvalue weighted by Gasteiger charge is -2.19. The summed E-state index contributed by atoms with van der Waals surface area (Å²) in [6.45, 7) is 7.86. The van der Waals surface area contributed by atoms with Gasteiger partial charge in [0, 0.05) is 24.2 Å². The molecule has 1 amide bonds. The number of amides is 1. The Morgan fingerprint density at radius 1 is 1.39 bits per heavy atom. The number of hydrogen-bond donors (Lipinski definition) is 1. The molecule has 0 aliphatic heterocycles. The van der Waals surface area contributed by atoms with Crippen LogP contribution in [0.1, 0.15) is 33.3 Å². The van der Waals surface area contributed by atoms with Gasteiger partial charge in [0.25, 0.3) is 5.69 Å². The van der Waals surface area contributed by atoms with Crippen molar-refractivity contribution in [2.75, 3.05) is 13.2 Å². The van der Waals surface area contributed by atoms with Gasteiger partial charge in [-0.05, 0) is 33.8 Å². The average molecular weight is 322 g/mol. The minimum Gasteiger partial charge on any atom is -0.493 e. The number of non-ortho nitro benzene ring substituents is 1. The molecule has 0 radical (unpaired) electrons. The maximum absolute atomic E-state index is 11.5. The third kappa shape index (κ3) is 6.82. The second kappa shape index (κ2) is 8.17. The van der Waals surface area contributed by atoms with Crippen LogP contribution in [-0.4, -0.2) is 29.8 Å². The Bertz CT molecular complexity index is 591. The largest absolute Gasteiger partial charge is 0.493 e. The van der Waals surface area contributed by atoms with Crippen LogP contribution < -0.4 is 10.1 Å². The minimum atomic E-state index is -0.560. The molecule has 0 spiro atoms. The first kappa shape index (κ1) is 18.5. The van der Waals surface area contributed by atoms with Crippen molar-refractivity contribution >= 4 is 17.9 Å². The summed E-state index contributed by atoms with van der Waals surface area (Å²) in [6, 6.07) is 4.37. The van der Waals surface area contributed by atoms with E-state index in [1.807, 2.05) is 6.92 Å². The van der Waals surface area contributed by atoms with E-state index >= 15 is 0 Å². The number of nitro benzene ring substituents is 1. The van der Waals surface area contributed by atoms with E-state index < -0.39 is 16.6 Å². The first-order valence-corrected chi connectivity index (χ1v) is 7.27. The van der Waals surface area contributed by atoms with Crippen LogP contribution in [0, 0.1) is 10.1 Å². The van der Waals surface area contributed by atoms with Crippen molar-refractivity contribution in [1.29, 1.82) is 0 Å². The van der Waals surface area contributed by atoms with Gasteiger partial charge in [-0.3, -0.25) is 10.1 Å². The SMILES string of the molecule is CCOc1ccc([N+](=O)[O-])cc1C=CCNC(=O)OC(C)(C)C. The number of nitrogens with one attached hydrogen (secondary N) is 1. The molecular weight excluding hydrogens is 300 g/mol. The monoisotopic (exact) mass is 322 g/mol. The molecule has 7 heteroatoms. The molecule has 0 atom stereocenters. The van der Waals surface area contributed by atoms with Crippen molar-refractivity contribution in [2.24, 2.45) is 0 Å². The average Bonchev–Trinajstić information content (AvgIpc) is 2.43. The highest BCUT2D eigenvalue weighted by molar-refractivity contribution is 5.68. The van der Waals surface area contributed by atoms with E-state index in [1.54, 1.807) is 39.0 Å². The van der Waals surface area contributed by atoms with Gasteiger partial charge in [0.15, 0.2) is 0 Å². The number of carbonyl (C=O) groups excluding carboxylic acids is 1. The Labute approximate surface area is 135 Å². The number of rotatable bonds is 6. The number of alkyl carbamates (subject to hydrolysis) is 1. The molecule has 0 heterocycles. The molecule has 23 heavy (non-hydrogen) atoms. The second-order valence-electron chi connectivity index (χ2n) is 5.70. The van der Waals surface area contributed by atoms with Crippen LogP contribution in [0.3, 0.4) is 0 Å². The number of carbonyl (C=O) groups is 1. The van der Waals surface area contributed by atoms with Gasteiger partial charge in [-0.1, -0.05) is 12.2 Å². The van der Waals surface area contributed by atoms with Gasteiger partial charge < -0.3 is 14.8 Å². The lowest BCUT2D eigenvalue weighted by Crippen LogP contribution is -2.32. The number of nitrogens with zero attached hydrogens (tertiary/aromatic N) is 1. The smallest absolute Gasteiger partial charge is 0.407 e. The van der Waals surface area contributed by atoms with Gasteiger partial charge in [0.2, 0.25) is 0 Å². The molecule has 0 saturated carbocycles. The molecule has 0 unspecified atom stereocenters. The lowest BCUT2D eigenvalue weighted by molar-refractivity contribution is -0.384. The molecule has 0 saturated heterocycles. The zero-order chi connectivity index (χ0) is 17.5. The number of nitro groups is 1. The highest BCUT2D eigenvalue weighted by Crippen LogP contribution is 2.25. The van der Waals surface area contributed by atoms with Crippen molar-refractivity contribution in [3.63, 3.8) is 0 Å². The molecule has 0 fully saturated rings. The first-order chi connectivity index (χ1) is 10.7. The Kier molecular flexibility index (Phi) is 6.56. The standard InChI is InChI=1S/C16H22N2O5/c1-5-22-14-9-8-13(18(20)21)11-12(14)7-6-10-17-15(19)23-16(2,3)4/h6-9,11H,5,10H2,1-4H3,(H,17,19). The highest BCUT2D eigenvalue weighted by atomic mass is 16.6. The summed E-state index contributed by atoms with van der Waals surface area (Å²) in [4.78, 5) is 21.9. The molecule has 1 rings (SSSR count). The van der Waals surface area contributed by atoms with Crippen molar-refractivity contribution in [3.05, 3.63) is 40.0 Å². The third-order valence-corrected chi connectivity index (χ3v) is 2.56. The van der Waals surface area contributed by atoms with Crippen LogP contribution in [-0.2, 0) is 4.74 Å². The highest BCUT2D eigenvalue weighted by Gasteiger charge is 2.15. The van der Waals surface area contributed by atoms with E-state index in [0.717, 1.165) is 0 Å². The van der Waals surface area contributed by atoms with Gasteiger partial charge in [-0.25, -0.2) is 4.79 Å². The molecular formula is C16H22N2O5. The third-order valence-electron chi connectivity index (χ3n) is 2.56. The van der Waals surface area contributed by atoms with Gasteiger partial charge in [0.05, 0.1) is 11.5 Å². The van der Waals surface area contributed by atoms with Crippen LogP contribution in [0.25, 0.3) is 6.08 Å². The molecule has 1 aromatic carbocycles. The number of ether oxygens (including phenoxy) is 2. The Morgan fingerprint density at radius 3 is 2.65 bits per heavy atom. The molecule has 0 aliphatic carbocycles. The van der Waals surface area contributed by atoms with Crippen molar-refractivity contribution in [2.45, 2.75) is 33.3 Å². The van der Waals surface area contributed by atoms with Crippen LogP contribution in [0.4, 0.5) is 10.5 Å². The van der Waals surface area contributed by atoms with Crippen LogP contribution in [0.15, 0.2) is 24.3 Å². The fourth-order valence-electron chi connectivity index (χ4n) is 1.71. The zero-order valence-electron chi connectivity index (χ0n) is 13.8. The van der Waals surface area contributed by atoms with Crippen LogP contribution in [0.2, 0.25) is 0 Å². The Morgan fingerprint density at radius 2 is 2.09 bits per heavy atom. The fourth-order valence-corrected chi connectivity index (χ4v) is 1.71. The quantitative estimate of drug-likeness (QED) is 0.639. The predicted molar refractivity (Wildman–Crippen MR) is 87.5 cm³/mol. The van der Waals surface area contributed by atoms with E-state index in [1.165, 1.54) is 12.1 Å². The number of benzene rings is 1. The summed E-state index contributed by atoms with van der Waals surface area (Å²) in [6.07, 6.45) is 2.81. The van der Waals surface area contributed by atoms with Gasteiger partial charge in [0.1, 0.15) is 11.4 Å². The van der Waals surface area contributed by atoms with E-state index in [2.05, 4.69) is 5.32 Å². The maximum Gasteiger partial charge on any atom is 0.407 e. The zero-order valence-corrected chi connectivity index (χ0v) is 13.8. The molecule has 7 nitrogen and oxygen atoms in total. The van der Waals surface area contributed by atoms with Gasteiger partial charge in [-0.2, -0.15) is 0 Å². The van der Waals surface area contributed by atoms with Gasteiger partial charge >= 0.3 is 6.09 Å². The van der Waals surface area contributed by atoms with Crippen molar-refractivity contribution in [1.82, 2.24) is 5.32 Å². The first-order valence-electron chi connectivity index (χ1n) is 7.27. The summed E-state index contributed by atoms with van der Waals surface area (Å²) in [5.74, 6) is 0.548. The summed E-state index contributed by atoms with van der Waals surface area (Å²) in [5, 5.41) is 13.4. The second-order valence-corrected chi connectivity index (χ2v) is 5.70. The Hall–Kier alpha value is -2.57. The molecule has 0 aliphatic rings. The van der Waals surface area contributed by atoms with E-state index in [-0.39, 0.29) is 12.2 Å². The van der Waals surface area contributed by atoms with E-state index in [4.69, 9.17) is 9.47 Å². The molecule has 0 aromatic heterocycles. The molecule has 0 bridgehead atoms. The topological polar surface area (TPSA) is 90.7 Å². The normalized spacial score (nSPS) is 11.3. The Balaban J connectivity index is 2.72. The molecule has 126 valence electrons. The van der Waals surface area contributed by atoms with E-state index in [9.17, 15) is 14.9 Å². The number of hydrogen-bond acceptors (Lipinski definition) is 5. The minimum absolute atomic E-state index is 0.0202. The summed E-state index contributed by atoms with van der Waals surface area (Å²) < 4.78 is 10.5. The van der Waals surface area contributed by atoms with Crippen molar-refractivity contribution < 1.29 is 19.2 Å². The summed E-state index contributed by atoms with van der Waals surface area (Å²) >= 11 is 0.